The zero-order valence-electron chi connectivity index (χ0n) is 12.4. The Morgan fingerprint density at radius 1 is 1.12 bits per heavy atom. The van der Waals surface area contributed by atoms with Gasteiger partial charge in [-0.25, -0.2) is 9.97 Å². The number of aromatic nitrogens is 3. The fraction of sp³-hybridized carbons (Fsp3) is 0.0588. The molecule has 0 amide bonds. The molecule has 7 heteroatoms. The molecule has 1 aromatic carbocycles. The average molecular weight is 464 g/mol. The van der Waals surface area contributed by atoms with E-state index in [1.54, 1.807) is 23.9 Å². The second-order valence-corrected chi connectivity index (χ2v) is 8.01. The van der Waals surface area contributed by atoms with Crippen LogP contribution in [0, 0.1) is 0 Å². The van der Waals surface area contributed by atoms with Crippen LogP contribution in [0.4, 0.5) is 5.69 Å². The number of hydrogen-bond acceptors (Lipinski definition) is 4. The van der Waals surface area contributed by atoms with Crippen LogP contribution in [-0.2, 0) is 6.54 Å². The van der Waals surface area contributed by atoms with Gasteiger partial charge in [0.1, 0.15) is 0 Å². The number of pyridine rings is 1. The predicted octanol–water partition coefficient (Wildman–Crippen LogP) is 5.82. The Hall–Kier alpha value is -1.70. The molecule has 0 spiro atoms. The summed E-state index contributed by atoms with van der Waals surface area (Å²) in [7, 11) is 0. The second kappa shape index (κ2) is 6.66. The number of H-pyrrole nitrogens is 1. The maximum Gasteiger partial charge on any atom is 0.178 e. The first-order valence-corrected chi connectivity index (χ1v) is 9.72. The van der Waals surface area contributed by atoms with Crippen molar-refractivity contribution in [2.75, 3.05) is 5.32 Å². The van der Waals surface area contributed by atoms with E-state index in [4.69, 9.17) is 0 Å². The minimum atomic E-state index is 0.721. The summed E-state index contributed by atoms with van der Waals surface area (Å²) in [6, 6.07) is 10.5. The lowest BCUT2D eigenvalue weighted by atomic mass is 10.1. The molecule has 2 N–H and O–H groups in total. The van der Waals surface area contributed by atoms with Crippen LogP contribution in [0.25, 0.3) is 22.3 Å². The minimum absolute atomic E-state index is 0.721. The molecule has 0 fully saturated rings. The van der Waals surface area contributed by atoms with Gasteiger partial charge in [-0.2, -0.15) is 0 Å². The molecule has 4 nitrogen and oxygen atoms in total. The molecule has 24 heavy (non-hydrogen) atoms. The SMILES string of the molecule is Brc1csc(CNc2ccc(-c3c(Br)cnc4nc[nH]c34)cc2)c1. The van der Waals surface area contributed by atoms with E-state index in [1.165, 1.54) is 4.88 Å². The average Bonchev–Trinajstić information content (AvgIpc) is 3.22. The number of rotatable bonds is 4. The van der Waals surface area contributed by atoms with Crippen molar-refractivity contribution in [1.29, 1.82) is 0 Å². The molecule has 0 aliphatic heterocycles. The van der Waals surface area contributed by atoms with Crippen molar-refractivity contribution in [3.8, 4) is 11.1 Å². The Labute approximate surface area is 159 Å². The molecular formula is C17H12Br2N4S. The molecule has 0 aliphatic carbocycles. The highest BCUT2D eigenvalue weighted by Crippen LogP contribution is 2.33. The Bertz CT molecular complexity index is 991. The van der Waals surface area contributed by atoms with Crippen molar-refractivity contribution >= 4 is 60.0 Å². The van der Waals surface area contributed by atoms with Crippen LogP contribution in [0.1, 0.15) is 4.88 Å². The quantitative estimate of drug-likeness (QED) is 0.400. The highest BCUT2D eigenvalue weighted by atomic mass is 79.9. The summed E-state index contributed by atoms with van der Waals surface area (Å²) in [5.41, 5.74) is 4.94. The molecule has 0 radical (unpaired) electrons. The number of halogens is 2. The second-order valence-electron chi connectivity index (χ2n) is 5.24. The largest absolute Gasteiger partial charge is 0.380 e. The minimum Gasteiger partial charge on any atom is -0.380 e. The molecule has 0 atom stereocenters. The molecule has 0 saturated heterocycles. The van der Waals surface area contributed by atoms with Crippen LogP contribution >= 0.6 is 43.2 Å². The van der Waals surface area contributed by atoms with E-state index < -0.39 is 0 Å². The van der Waals surface area contributed by atoms with E-state index in [2.05, 4.69) is 87.8 Å². The lowest BCUT2D eigenvalue weighted by molar-refractivity contribution is 1.19. The monoisotopic (exact) mass is 462 g/mol. The van der Waals surface area contributed by atoms with Gasteiger partial charge in [0.2, 0.25) is 0 Å². The standard InChI is InChI=1S/C17H12Br2N4S/c18-11-5-13(24-8-11)6-20-12-3-1-10(2-4-12)15-14(19)7-21-17-16(15)22-9-23-17/h1-5,7-9,20H,6H2,(H,21,22,23). The Kier molecular flexibility index (Phi) is 4.39. The van der Waals surface area contributed by atoms with Gasteiger partial charge in [0.15, 0.2) is 5.65 Å². The van der Waals surface area contributed by atoms with Gasteiger partial charge in [-0.05, 0) is 55.6 Å². The highest BCUT2D eigenvalue weighted by molar-refractivity contribution is 9.10. The van der Waals surface area contributed by atoms with E-state index >= 15 is 0 Å². The van der Waals surface area contributed by atoms with Crippen molar-refractivity contribution in [3.63, 3.8) is 0 Å². The van der Waals surface area contributed by atoms with Crippen LogP contribution < -0.4 is 5.32 Å². The van der Waals surface area contributed by atoms with Gasteiger partial charge in [-0.15, -0.1) is 11.3 Å². The Morgan fingerprint density at radius 3 is 2.71 bits per heavy atom. The third-order valence-electron chi connectivity index (χ3n) is 3.67. The number of fused-ring (bicyclic) bond motifs is 1. The molecule has 120 valence electrons. The number of anilines is 1. The summed E-state index contributed by atoms with van der Waals surface area (Å²) in [5.74, 6) is 0. The molecule has 3 aromatic heterocycles. The number of benzene rings is 1. The summed E-state index contributed by atoms with van der Waals surface area (Å²) in [5, 5.41) is 5.54. The lowest BCUT2D eigenvalue weighted by Gasteiger charge is -2.09. The fourth-order valence-corrected chi connectivity index (χ4v) is 4.46. The van der Waals surface area contributed by atoms with Crippen LogP contribution in [-0.4, -0.2) is 15.0 Å². The van der Waals surface area contributed by atoms with Crippen LogP contribution in [0.2, 0.25) is 0 Å². The number of thiophene rings is 1. The Morgan fingerprint density at radius 2 is 1.96 bits per heavy atom. The topological polar surface area (TPSA) is 53.6 Å². The summed E-state index contributed by atoms with van der Waals surface area (Å²) in [6.45, 7) is 0.819. The molecule has 0 bridgehead atoms. The molecular weight excluding hydrogens is 452 g/mol. The van der Waals surface area contributed by atoms with Crippen LogP contribution in [0.15, 0.2) is 57.2 Å². The first-order chi connectivity index (χ1) is 11.7. The normalized spacial score (nSPS) is 11.1. The maximum atomic E-state index is 4.31. The molecule has 4 aromatic rings. The number of nitrogens with one attached hydrogen (secondary N) is 2. The summed E-state index contributed by atoms with van der Waals surface area (Å²) in [6.07, 6.45) is 3.46. The maximum absolute atomic E-state index is 4.31. The van der Waals surface area contributed by atoms with Crippen LogP contribution in [0.5, 0.6) is 0 Å². The molecule has 0 saturated carbocycles. The van der Waals surface area contributed by atoms with Crippen molar-refractivity contribution in [3.05, 3.63) is 62.1 Å². The molecule has 0 unspecified atom stereocenters. The smallest absolute Gasteiger partial charge is 0.178 e. The van der Waals surface area contributed by atoms with Gasteiger partial charge in [0.25, 0.3) is 0 Å². The first kappa shape index (κ1) is 15.8. The summed E-state index contributed by atoms with van der Waals surface area (Å²) < 4.78 is 2.08. The summed E-state index contributed by atoms with van der Waals surface area (Å²) in [4.78, 5) is 13.0. The van der Waals surface area contributed by atoms with Gasteiger partial charge in [-0.1, -0.05) is 12.1 Å². The van der Waals surface area contributed by atoms with Gasteiger partial charge >= 0.3 is 0 Å². The fourth-order valence-electron chi connectivity index (χ4n) is 2.54. The first-order valence-electron chi connectivity index (χ1n) is 7.25. The van der Waals surface area contributed by atoms with E-state index in [0.29, 0.717) is 0 Å². The van der Waals surface area contributed by atoms with Gasteiger partial charge in [-0.3, -0.25) is 0 Å². The zero-order chi connectivity index (χ0) is 16.5. The van der Waals surface area contributed by atoms with E-state index in [1.807, 2.05) is 0 Å². The van der Waals surface area contributed by atoms with E-state index in [-0.39, 0.29) is 0 Å². The lowest BCUT2D eigenvalue weighted by Crippen LogP contribution is -1.97. The van der Waals surface area contributed by atoms with Crippen molar-refractivity contribution in [1.82, 2.24) is 15.0 Å². The Balaban J connectivity index is 1.59. The predicted molar refractivity (Wildman–Crippen MR) is 106 cm³/mol. The third-order valence-corrected chi connectivity index (χ3v) is 5.97. The summed E-state index contributed by atoms with van der Waals surface area (Å²) >= 11 is 8.81. The third kappa shape index (κ3) is 3.11. The van der Waals surface area contributed by atoms with Crippen molar-refractivity contribution in [2.45, 2.75) is 6.54 Å². The number of hydrogen-bond donors (Lipinski definition) is 2. The van der Waals surface area contributed by atoms with E-state index in [0.717, 1.165) is 43.5 Å². The molecule has 0 aliphatic rings. The van der Waals surface area contributed by atoms with E-state index in [9.17, 15) is 0 Å². The number of nitrogens with zero attached hydrogens (tertiary/aromatic N) is 2. The van der Waals surface area contributed by atoms with Gasteiger partial charge in [0.05, 0.1) is 11.8 Å². The van der Waals surface area contributed by atoms with Crippen molar-refractivity contribution < 1.29 is 0 Å². The zero-order valence-corrected chi connectivity index (χ0v) is 16.4. The number of imidazole rings is 1. The van der Waals surface area contributed by atoms with Gasteiger partial charge < -0.3 is 10.3 Å². The van der Waals surface area contributed by atoms with Gasteiger partial charge in [0, 0.05) is 43.2 Å². The van der Waals surface area contributed by atoms with Crippen LogP contribution in [0.3, 0.4) is 0 Å². The highest BCUT2D eigenvalue weighted by Gasteiger charge is 2.11. The molecule has 4 rings (SSSR count). The van der Waals surface area contributed by atoms with Crippen molar-refractivity contribution in [2.24, 2.45) is 0 Å². The number of aromatic amines is 1. The molecule has 3 heterocycles.